The van der Waals surface area contributed by atoms with Crippen molar-refractivity contribution in [2.45, 2.75) is 225 Å². The average molecular weight is 869 g/mol. The van der Waals surface area contributed by atoms with Crippen LogP contribution >= 0.6 is 7.82 Å². The van der Waals surface area contributed by atoms with Crippen molar-refractivity contribution in [1.82, 2.24) is 0 Å². The number of carbonyl (C=O) groups is 2. The number of allylic oxidation sites excluding steroid dienone is 8. The van der Waals surface area contributed by atoms with Crippen LogP contribution in [0.2, 0.25) is 0 Å². The molecule has 0 heterocycles. The number of rotatable bonds is 45. The second kappa shape index (κ2) is 45.0. The van der Waals surface area contributed by atoms with E-state index in [9.17, 15) is 24.2 Å². The van der Waals surface area contributed by atoms with Gasteiger partial charge in [-0.3, -0.25) is 18.6 Å². The van der Waals surface area contributed by atoms with Crippen LogP contribution in [0.15, 0.2) is 48.6 Å². The number of aliphatic hydroxyl groups is 2. The number of ether oxygens (including phenoxy) is 2. The van der Waals surface area contributed by atoms with E-state index in [0.29, 0.717) is 12.8 Å². The van der Waals surface area contributed by atoms with Crippen LogP contribution < -0.4 is 0 Å². The second-order valence-electron chi connectivity index (χ2n) is 16.2. The summed E-state index contributed by atoms with van der Waals surface area (Å²) in [6.45, 7) is 2.24. The zero-order valence-corrected chi connectivity index (χ0v) is 39.1. The van der Waals surface area contributed by atoms with Crippen LogP contribution in [0.25, 0.3) is 0 Å². The number of phosphoric acid groups is 1. The fraction of sp³-hybridized carbons (Fsp3) is 0.796. The van der Waals surface area contributed by atoms with Gasteiger partial charge in [-0.05, 0) is 32.1 Å². The standard InChI is InChI=1S/C49H89O10P/c1-3-5-7-9-11-13-15-17-19-20-21-22-23-24-25-27-28-30-32-34-36-38-40-48(52)56-44-47(45-58-60(54,55)57-43-46(51)42-50)59-49(53)41-39-37-35-33-31-29-26-18-16-14-12-10-8-6-4-2/h6,8,10,12,14,16,18,26,46-47,50-51H,3-5,7,9,11,13,15,17,19-25,27-45H2,1-2H3,(H,54,55)/b8-6+,12-10+,16-14+,26-18+/t46-,47-/m1/s1. The summed E-state index contributed by atoms with van der Waals surface area (Å²) in [5, 5.41) is 18.4. The third kappa shape index (κ3) is 44.0. The Hall–Kier alpha value is -2.07. The molecule has 60 heavy (non-hydrogen) atoms. The fourth-order valence-electron chi connectivity index (χ4n) is 6.65. The molecule has 0 aliphatic carbocycles. The molecule has 350 valence electrons. The number of unbranched alkanes of at least 4 members (excludes halogenated alkanes) is 26. The summed E-state index contributed by atoms with van der Waals surface area (Å²) < 4.78 is 32.8. The second-order valence-corrected chi connectivity index (χ2v) is 17.7. The lowest BCUT2D eigenvalue weighted by atomic mass is 10.0. The highest BCUT2D eigenvalue weighted by atomic mass is 31.2. The van der Waals surface area contributed by atoms with Gasteiger partial charge in [0.05, 0.1) is 19.8 Å². The minimum Gasteiger partial charge on any atom is -0.462 e. The summed E-state index contributed by atoms with van der Waals surface area (Å²) in [6.07, 6.45) is 49.4. The van der Waals surface area contributed by atoms with Gasteiger partial charge in [0, 0.05) is 12.8 Å². The molecule has 1 unspecified atom stereocenters. The summed E-state index contributed by atoms with van der Waals surface area (Å²) in [6, 6.07) is 0. The van der Waals surface area contributed by atoms with Gasteiger partial charge >= 0.3 is 19.8 Å². The lowest BCUT2D eigenvalue weighted by molar-refractivity contribution is -0.161. The van der Waals surface area contributed by atoms with Crippen LogP contribution in [-0.4, -0.2) is 65.7 Å². The van der Waals surface area contributed by atoms with Crippen molar-refractivity contribution in [2.24, 2.45) is 0 Å². The first kappa shape index (κ1) is 57.9. The summed E-state index contributed by atoms with van der Waals surface area (Å²) >= 11 is 0. The predicted octanol–water partition coefficient (Wildman–Crippen LogP) is 13.3. The fourth-order valence-corrected chi connectivity index (χ4v) is 7.44. The molecule has 0 amide bonds. The van der Waals surface area contributed by atoms with Gasteiger partial charge in [0.15, 0.2) is 6.10 Å². The number of hydrogen-bond acceptors (Lipinski definition) is 9. The first-order valence-corrected chi connectivity index (χ1v) is 25.6. The van der Waals surface area contributed by atoms with Crippen molar-refractivity contribution in [3.05, 3.63) is 48.6 Å². The molecule has 0 saturated heterocycles. The Balaban J connectivity index is 4.18. The molecule has 0 radical (unpaired) electrons. The van der Waals surface area contributed by atoms with E-state index in [1.165, 1.54) is 116 Å². The maximum atomic E-state index is 12.6. The van der Waals surface area contributed by atoms with E-state index in [0.717, 1.165) is 57.8 Å². The molecule has 11 heteroatoms. The van der Waals surface area contributed by atoms with Crippen LogP contribution in [0.4, 0.5) is 0 Å². The van der Waals surface area contributed by atoms with Crippen molar-refractivity contribution in [3.8, 4) is 0 Å². The zero-order chi connectivity index (χ0) is 44.0. The molecule has 0 bridgehead atoms. The molecule has 0 fully saturated rings. The van der Waals surface area contributed by atoms with Gasteiger partial charge in [-0.2, -0.15) is 0 Å². The summed E-state index contributed by atoms with van der Waals surface area (Å²) in [5.74, 6) is -0.946. The Bertz CT molecular complexity index is 1140. The lowest BCUT2D eigenvalue weighted by Gasteiger charge is -2.20. The monoisotopic (exact) mass is 869 g/mol. The van der Waals surface area contributed by atoms with Crippen molar-refractivity contribution < 1.29 is 47.8 Å². The van der Waals surface area contributed by atoms with E-state index in [1.54, 1.807) is 0 Å². The topological polar surface area (TPSA) is 149 Å². The lowest BCUT2D eigenvalue weighted by Crippen LogP contribution is -2.29. The molecule has 0 aliphatic heterocycles. The molecule has 0 spiro atoms. The van der Waals surface area contributed by atoms with Crippen LogP contribution in [0.5, 0.6) is 0 Å². The maximum Gasteiger partial charge on any atom is 0.472 e. The maximum absolute atomic E-state index is 12.6. The molecule has 0 saturated carbocycles. The number of aliphatic hydroxyl groups excluding tert-OH is 2. The van der Waals surface area contributed by atoms with Crippen LogP contribution in [-0.2, 0) is 32.7 Å². The Morgan fingerprint density at radius 1 is 0.517 bits per heavy atom. The number of phosphoric ester groups is 1. The third-order valence-electron chi connectivity index (χ3n) is 10.3. The van der Waals surface area contributed by atoms with Crippen molar-refractivity contribution in [3.63, 3.8) is 0 Å². The molecule has 0 aromatic heterocycles. The van der Waals surface area contributed by atoms with Crippen LogP contribution in [0.3, 0.4) is 0 Å². The minimum absolute atomic E-state index is 0.158. The third-order valence-corrected chi connectivity index (χ3v) is 11.3. The van der Waals surface area contributed by atoms with Crippen molar-refractivity contribution >= 4 is 19.8 Å². The molecule has 10 nitrogen and oxygen atoms in total. The highest BCUT2D eigenvalue weighted by Crippen LogP contribution is 2.43. The number of carbonyl (C=O) groups excluding carboxylic acids is 2. The smallest absolute Gasteiger partial charge is 0.462 e. The molecule has 0 rings (SSSR count). The summed E-state index contributed by atoms with van der Waals surface area (Å²) in [5.41, 5.74) is 0. The summed E-state index contributed by atoms with van der Waals surface area (Å²) in [4.78, 5) is 35.1. The van der Waals surface area contributed by atoms with Gasteiger partial charge in [-0.15, -0.1) is 0 Å². The number of hydrogen-bond donors (Lipinski definition) is 3. The predicted molar refractivity (Wildman–Crippen MR) is 247 cm³/mol. The highest BCUT2D eigenvalue weighted by Gasteiger charge is 2.27. The molecule has 3 N–H and O–H groups in total. The van der Waals surface area contributed by atoms with Crippen LogP contribution in [0, 0.1) is 0 Å². The average Bonchev–Trinajstić information content (AvgIpc) is 3.24. The van der Waals surface area contributed by atoms with Crippen molar-refractivity contribution in [2.75, 3.05) is 26.4 Å². The van der Waals surface area contributed by atoms with E-state index in [1.807, 2.05) is 36.5 Å². The van der Waals surface area contributed by atoms with Crippen molar-refractivity contribution in [1.29, 1.82) is 0 Å². The van der Waals surface area contributed by atoms with Gasteiger partial charge in [-0.1, -0.05) is 217 Å². The first-order valence-electron chi connectivity index (χ1n) is 24.1. The molecular weight excluding hydrogens is 780 g/mol. The van der Waals surface area contributed by atoms with E-state index in [-0.39, 0.29) is 19.4 Å². The number of esters is 2. The largest absolute Gasteiger partial charge is 0.472 e. The SMILES string of the molecule is CC/C=C/C=C/C=C/C=C/CCCCCCCC(=O)O[C@H](COC(=O)CCCCCCCCCCCCCCCCCCCCCCCC)COP(=O)(O)OC[C@H](O)CO. The molecular formula is C49H89O10P. The van der Waals surface area contributed by atoms with Gasteiger partial charge in [0.2, 0.25) is 0 Å². The van der Waals surface area contributed by atoms with E-state index >= 15 is 0 Å². The molecule has 0 aliphatic rings. The van der Waals surface area contributed by atoms with E-state index in [4.69, 9.17) is 23.6 Å². The van der Waals surface area contributed by atoms with Crippen LogP contribution in [0.1, 0.15) is 213 Å². The van der Waals surface area contributed by atoms with Gasteiger partial charge in [0.1, 0.15) is 12.7 Å². The zero-order valence-electron chi connectivity index (χ0n) is 38.2. The Labute approximate surface area is 366 Å². The van der Waals surface area contributed by atoms with E-state index in [2.05, 4.69) is 26.0 Å². The van der Waals surface area contributed by atoms with Gasteiger partial charge in [0.25, 0.3) is 0 Å². The van der Waals surface area contributed by atoms with E-state index < -0.39 is 51.8 Å². The van der Waals surface area contributed by atoms with Gasteiger partial charge in [-0.25, -0.2) is 4.57 Å². The normalized spacial score (nSPS) is 14.2. The highest BCUT2D eigenvalue weighted by molar-refractivity contribution is 7.47. The Morgan fingerprint density at radius 3 is 1.38 bits per heavy atom. The first-order chi connectivity index (χ1) is 29.2. The Kier molecular flexibility index (Phi) is 43.4. The minimum atomic E-state index is -4.63. The molecule has 0 aromatic rings. The van der Waals surface area contributed by atoms with Gasteiger partial charge < -0.3 is 24.6 Å². The quantitative estimate of drug-likeness (QED) is 0.0234. The summed E-state index contributed by atoms with van der Waals surface area (Å²) in [7, 11) is -4.63. The molecule has 3 atom stereocenters. The Morgan fingerprint density at radius 2 is 0.917 bits per heavy atom. The molecule has 0 aromatic carbocycles.